The van der Waals surface area contributed by atoms with Crippen molar-refractivity contribution in [2.24, 2.45) is 0 Å². The molecule has 0 spiro atoms. The summed E-state index contributed by atoms with van der Waals surface area (Å²) in [5.74, 6) is 0.810. The number of alkyl halides is 3. The molecule has 0 saturated carbocycles. The minimum Gasteiger partial charge on any atom is -0.490 e. The van der Waals surface area contributed by atoms with Gasteiger partial charge in [0.2, 0.25) is 6.29 Å². The van der Waals surface area contributed by atoms with Crippen molar-refractivity contribution in [1.82, 2.24) is 10.3 Å². The third-order valence-electron chi connectivity index (χ3n) is 4.86. The van der Waals surface area contributed by atoms with Crippen molar-refractivity contribution in [2.45, 2.75) is 25.1 Å². The SMILES string of the molecule is O=CC(F)(F)F.O=[N+]([O-])c1ccc(-c2c(OC3CCNCC3)ccc3cnccc23)cc1. The van der Waals surface area contributed by atoms with Crippen LogP contribution in [0.3, 0.4) is 0 Å². The molecule has 0 unspecified atom stereocenters. The third-order valence-corrected chi connectivity index (χ3v) is 4.86. The molecule has 1 aliphatic rings. The Morgan fingerprint density at radius 3 is 2.34 bits per heavy atom. The van der Waals surface area contributed by atoms with E-state index in [9.17, 15) is 23.3 Å². The first-order valence-corrected chi connectivity index (χ1v) is 9.80. The van der Waals surface area contributed by atoms with E-state index in [1.54, 1.807) is 18.3 Å². The molecule has 1 N–H and O–H groups in total. The molecule has 0 aliphatic carbocycles. The minimum atomic E-state index is -4.64. The predicted octanol–water partition coefficient (Wildman–Crippen LogP) is 4.69. The van der Waals surface area contributed by atoms with Gasteiger partial charge in [0.05, 0.1) is 4.92 Å². The number of pyridine rings is 1. The van der Waals surface area contributed by atoms with Crippen molar-refractivity contribution in [3.8, 4) is 16.9 Å². The van der Waals surface area contributed by atoms with Crippen LogP contribution in [0.4, 0.5) is 18.9 Å². The van der Waals surface area contributed by atoms with Crippen LogP contribution in [0.2, 0.25) is 0 Å². The van der Waals surface area contributed by atoms with Gasteiger partial charge < -0.3 is 10.1 Å². The van der Waals surface area contributed by atoms with Crippen molar-refractivity contribution < 1.29 is 27.6 Å². The molecule has 1 aromatic heterocycles. The highest BCUT2D eigenvalue weighted by Gasteiger charge is 2.25. The first kappa shape index (κ1) is 23.1. The van der Waals surface area contributed by atoms with Gasteiger partial charge in [0.1, 0.15) is 11.9 Å². The van der Waals surface area contributed by atoms with Crippen molar-refractivity contribution in [2.75, 3.05) is 13.1 Å². The zero-order valence-electron chi connectivity index (χ0n) is 16.8. The van der Waals surface area contributed by atoms with E-state index in [2.05, 4.69) is 10.3 Å². The monoisotopic (exact) mass is 447 g/mol. The topological polar surface area (TPSA) is 94.4 Å². The van der Waals surface area contributed by atoms with Gasteiger partial charge in [-0.05, 0) is 67.2 Å². The molecule has 3 aromatic rings. The Morgan fingerprint density at radius 2 is 1.75 bits per heavy atom. The lowest BCUT2D eigenvalue weighted by Gasteiger charge is -2.25. The van der Waals surface area contributed by atoms with Gasteiger partial charge in [0, 0.05) is 35.5 Å². The van der Waals surface area contributed by atoms with E-state index in [1.165, 1.54) is 12.1 Å². The Morgan fingerprint density at radius 1 is 1.09 bits per heavy atom. The summed E-state index contributed by atoms with van der Waals surface area (Å²) in [5.41, 5.74) is 1.94. The van der Waals surface area contributed by atoms with E-state index in [0.29, 0.717) is 0 Å². The fraction of sp³-hybridized carbons (Fsp3) is 0.273. The molecule has 1 fully saturated rings. The van der Waals surface area contributed by atoms with E-state index in [0.717, 1.165) is 53.6 Å². The quantitative estimate of drug-likeness (QED) is 0.354. The zero-order chi connectivity index (χ0) is 23.1. The second-order valence-electron chi connectivity index (χ2n) is 7.07. The standard InChI is InChI=1S/C20H19N3O3.C2HF3O/c24-23(25)16-4-1-14(2-5-16)20-18-9-12-22-13-15(18)3-6-19(20)26-17-7-10-21-11-8-17;3-2(4,5)1-6/h1-6,9,12-13,17,21H,7-8,10-11H2;1H. The summed E-state index contributed by atoms with van der Waals surface area (Å²) in [6.45, 7) is 1.91. The first-order valence-electron chi connectivity index (χ1n) is 9.80. The van der Waals surface area contributed by atoms with Crippen molar-refractivity contribution in [3.05, 3.63) is 65.0 Å². The molecule has 2 heterocycles. The number of benzene rings is 2. The van der Waals surface area contributed by atoms with Crippen LogP contribution in [0.15, 0.2) is 54.9 Å². The fourth-order valence-corrected chi connectivity index (χ4v) is 3.39. The number of aromatic nitrogens is 1. The smallest absolute Gasteiger partial charge is 0.446 e. The number of halogens is 3. The molecule has 1 saturated heterocycles. The normalized spacial score (nSPS) is 14.3. The number of nitrogens with one attached hydrogen (secondary N) is 1. The summed E-state index contributed by atoms with van der Waals surface area (Å²) >= 11 is 0. The van der Waals surface area contributed by atoms with E-state index < -0.39 is 12.5 Å². The van der Waals surface area contributed by atoms with Crippen LogP contribution in [0.5, 0.6) is 5.75 Å². The second kappa shape index (κ2) is 10.2. The maximum atomic E-state index is 11.0. The van der Waals surface area contributed by atoms with Crippen LogP contribution in [0.25, 0.3) is 21.9 Å². The number of piperidine rings is 1. The van der Waals surface area contributed by atoms with Crippen LogP contribution in [0.1, 0.15) is 12.8 Å². The number of rotatable bonds is 4. The highest BCUT2D eigenvalue weighted by molar-refractivity contribution is 5.99. The molecular weight excluding hydrogens is 427 g/mol. The highest BCUT2D eigenvalue weighted by atomic mass is 19.4. The molecule has 7 nitrogen and oxygen atoms in total. The number of carbonyl (C=O) groups excluding carboxylic acids is 1. The molecule has 0 bridgehead atoms. The average Bonchev–Trinajstić information content (AvgIpc) is 2.79. The number of hydrogen-bond donors (Lipinski definition) is 1. The summed E-state index contributed by atoms with van der Waals surface area (Å²) < 4.78 is 37.6. The van der Waals surface area contributed by atoms with Gasteiger partial charge in [-0.15, -0.1) is 0 Å². The van der Waals surface area contributed by atoms with Gasteiger partial charge in [-0.3, -0.25) is 19.9 Å². The number of nitro groups is 1. The van der Waals surface area contributed by atoms with Gasteiger partial charge in [-0.1, -0.05) is 0 Å². The third kappa shape index (κ3) is 6.01. The summed E-state index contributed by atoms with van der Waals surface area (Å²) in [6, 6.07) is 12.6. The molecular formula is C22H20F3N3O4. The van der Waals surface area contributed by atoms with Gasteiger partial charge in [0.25, 0.3) is 5.69 Å². The second-order valence-corrected chi connectivity index (χ2v) is 7.07. The summed E-state index contributed by atoms with van der Waals surface area (Å²) in [4.78, 5) is 23.5. The van der Waals surface area contributed by atoms with Crippen LogP contribution in [-0.2, 0) is 4.79 Å². The van der Waals surface area contributed by atoms with Crippen molar-refractivity contribution in [3.63, 3.8) is 0 Å². The van der Waals surface area contributed by atoms with Gasteiger partial charge in [-0.25, -0.2) is 0 Å². The number of carbonyl (C=O) groups is 1. The summed E-state index contributed by atoms with van der Waals surface area (Å²) in [7, 11) is 0. The molecule has 0 radical (unpaired) electrons. The number of nitro benzene ring substituents is 1. The molecule has 4 rings (SSSR count). The van der Waals surface area contributed by atoms with Crippen LogP contribution < -0.4 is 10.1 Å². The first-order chi connectivity index (χ1) is 15.3. The van der Waals surface area contributed by atoms with Crippen LogP contribution >= 0.6 is 0 Å². The Bertz CT molecular complexity index is 1080. The van der Waals surface area contributed by atoms with Gasteiger partial charge >= 0.3 is 6.18 Å². The lowest BCUT2D eigenvalue weighted by molar-refractivity contribution is -0.384. The fourth-order valence-electron chi connectivity index (χ4n) is 3.39. The Balaban J connectivity index is 0.000000427. The van der Waals surface area contributed by atoms with E-state index in [-0.39, 0.29) is 16.7 Å². The van der Waals surface area contributed by atoms with Crippen LogP contribution in [-0.4, -0.2) is 41.6 Å². The molecule has 10 heteroatoms. The minimum absolute atomic E-state index is 0.0801. The largest absolute Gasteiger partial charge is 0.490 e. The zero-order valence-corrected chi connectivity index (χ0v) is 16.8. The Labute approximate surface area is 181 Å². The number of hydrogen-bond acceptors (Lipinski definition) is 6. The van der Waals surface area contributed by atoms with Gasteiger partial charge in [-0.2, -0.15) is 13.2 Å². The molecule has 0 atom stereocenters. The van der Waals surface area contributed by atoms with Crippen molar-refractivity contribution >= 4 is 22.7 Å². The highest BCUT2D eigenvalue weighted by Crippen LogP contribution is 2.38. The average molecular weight is 447 g/mol. The van der Waals surface area contributed by atoms with E-state index in [1.807, 2.05) is 24.4 Å². The Kier molecular flexibility index (Phi) is 7.37. The number of non-ortho nitro benzene ring substituents is 1. The number of ether oxygens (including phenoxy) is 1. The lowest BCUT2D eigenvalue weighted by atomic mass is 9.97. The Hall–Kier alpha value is -3.53. The summed E-state index contributed by atoms with van der Waals surface area (Å²) in [6.07, 6.45) is -0.0217. The maximum Gasteiger partial charge on any atom is 0.446 e. The number of nitrogens with zero attached hydrogens (tertiary/aromatic N) is 2. The van der Waals surface area contributed by atoms with Crippen molar-refractivity contribution in [1.29, 1.82) is 0 Å². The van der Waals surface area contributed by atoms with E-state index in [4.69, 9.17) is 9.53 Å². The molecule has 1 aliphatic heterocycles. The predicted molar refractivity (Wildman–Crippen MR) is 112 cm³/mol. The van der Waals surface area contributed by atoms with Gasteiger partial charge in [0.15, 0.2) is 0 Å². The molecule has 2 aromatic carbocycles. The lowest BCUT2D eigenvalue weighted by Crippen LogP contribution is -2.34. The van der Waals surface area contributed by atoms with Crippen LogP contribution in [0, 0.1) is 10.1 Å². The number of fused-ring (bicyclic) bond motifs is 1. The summed E-state index contributed by atoms with van der Waals surface area (Å²) in [5, 5.41) is 16.3. The van der Waals surface area contributed by atoms with E-state index >= 15 is 0 Å². The molecule has 32 heavy (non-hydrogen) atoms. The maximum absolute atomic E-state index is 11.0. The molecule has 168 valence electrons. The number of aldehydes is 1. The molecule has 0 amide bonds.